The molecule has 1 aliphatic heterocycles. The predicted molar refractivity (Wildman–Crippen MR) is 113 cm³/mol. The molecule has 3 heterocycles. The van der Waals surface area contributed by atoms with Crippen molar-refractivity contribution in [3.05, 3.63) is 53.9 Å². The van der Waals surface area contributed by atoms with Crippen LogP contribution in [0.2, 0.25) is 0 Å². The minimum atomic E-state index is -0.213. The van der Waals surface area contributed by atoms with Crippen molar-refractivity contribution in [2.75, 3.05) is 18.5 Å². The van der Waals surface area contributed by atoms with E-state index in [0.717, 1.165) is 34.2 Å². The largest absolute Gasteiger partial charge is 0.490 e. The van der Waals surface area contributed by atoms with Crippen LogP contribution in [0.1, 0.15) is 29.0 Å². The van der Waals surface area contributed by atoms with Crippen LogP contribution in [-0.4, -0.2) is 38.9 Å². The smallest absolute Gasteiger partial charge is 0.255 e. The topological polar surface area (TPSA) is 90.6 Å². The summed E-state index contributed by atoms with van der Waals surface area (Å²) in [6, 6.07) is 12.8. The molecule has 1 aliphatic rings. The van der Waals surface area contributed by atoms with Crippen LogP contribution in [0.3, 0.4) is 0 Å². The van der Waals surface area contributed by atoms with E-state index < -0.39 is 0 Å². The molecule has 1 amide bonds. The molecule has 0 bridgehead atoms. The third-order valence-electron chi connectivity index (χ3n) is 4.77. The van der Waals surface area contributed by atoms with Gasteiger partial charge in [-0.05, 0) is 50.1 Å². The third kappa shape index (κ3) is 3.59. The van der Waals surface area contributed by atoms with Crippen molar-refractivity contribution in [1.82, 2.24) is 19.8 Å². The number of anilines is 1. The predicted octanol–water partition coefficient (Wildman–Crippen LogP) is 3.96. The quantitative estimate of drug-likeness (QED) is 0.538. The average molecular weight is 421 g/mol. The zero-order chi connectivity index (χ0) is 20.5. The summed E-state index contributed by atoms with van der Waals surface area (Å²) in [4.78, 5) is 13.5. The van der Waals surface area contributed by atoms with Crippen LogP contribution < -0.4 is 14.8 Å². The van der Waals surface area contributed by atoms with E-state index in [1.54, 1.807) is 22.7 Å². The maximum Gasteiger partial charge on any atom is 0.255 e. The van der Waals surface area contributed by atoms with E-state index in [2.05, 4.69) is 20.6 Å². The second kappa shape index (κ2) is 7.75. The lowest BCUT2D eigenvalue weighted by Crippen LogP contribution is -2.13. The van der Waals surface area contributed by atoms with Crippen molar-refractivity contribution >= 4 is 27.9 Å². The van der Waals surface area contributed by atoms with Crippen LogP contribution in [0.5, 0.6) is 11.5 Å². The van der Waals surface area contributed by atoms with Gasteiger partial charge in [0.05, 0.1) is 13.2 Å². The molecule has 30 heavy (non-hydrogen) atoms. The maximum absolute atomic E-state index is 12.8. The van der Waals surface area contributed by atoms with Gasteiger partial charge in [-0.2, -0.15) is 9.61 Å². The van der Waals surface area contributed by atoms with Crippen molar-refractivity contribution in [2.24, 2.45) is 0 Å². The molecule has 9 heteroatoms. The van der Waals surface area contributed by atoms with Crippen LogP contribution in [0.4, 0.5) is 5.69 Å². The number of hydrogen-bond acceptors (Lipinski definition) is 7. The zero-order valence-corrected chi connectivity index (χ0v) is 17.1. The highest BCUT2D eigenvalue weighted by Gasteiger charge is 2.15. The Labute approximate surface area is 176 Å². The molecule has 0 saturated carbocycles. The van der Waals surface area contributed by atoms with Gasteiger partial charge in [-0.15, -0.1) is 10.2 Å². The number of nitrogens with one attached hydrogen (secondary N) is 1. The monoisotopic (exact) mass is 421 g/mol. The van der Waals surface area contributed by atoms with Gasteiger partial charge in [0.15, 0.2) is 17.3 Å². The lowest BCUT2D eigenvalue weighted by Gasteiger charge is -2.17. The average Bonchev–Trinajstić information content (AvgIpc) is 3.31. The number of benzene rings is 2. The van der Waals surface area contributed by atoms with Crippen LogP contribution in [0.25, 0.3) is 15.5 Å². The lowest BCUT2D eigenvalue weighted by molar-refractivity contribution is 0.102. The summed E-state index contributed by atoms with van der Waals surface area (Å²) < 4.78 is 13.2. The summed E-state index contributed by atoms with van der Waals surface area (Å²) >= 11 is 1.45. The molecule has 5 rings (SSSR count). The number of carbonyl (C=O) groups excluding carboxylic acids is 1. The fourth-order valence-corrected chi connectivity index (χ4v) is 4.10. The fourth-order valence-electron chi connectivity index (χ4n) is 3.21. The molecule has 2 aromatic heterocycles. The number of hydrogen-bond donors (Lipinski definition) is 1. The molecule has 0 fully saturated rings. The molecule has 152 valence electrons. The van der Waals surface area contributed by atoms with Crippen molar-refractivity contribution in [3.8, 4) is 22.1 Å². The Kier molecular flexibility index (Phi) is 4.80. The molecule has 0 radical (unpaired) electrons. The number of ether oxygens (including phenoxy) is 2. The summed E-state index contributed by atoms with van der Waals surface area (Å²) in [7, 11) is 0. The second-order valence-electron chi connectivity index (χ2n) is 6.95. The third-order valence-corrected chi connectivity index (χ3v) is 5.72. The summed E-state index contributed by atoms with van der Waals surface area (Å²) in [6.45, 7) is 3.14. The Morgan fingerprint density at radius 3 is 2.73 bits per heavy atom. The number of aryl methyl sites for hydroxylation is 1. The summed E-state index contributed by atoms with van der Waals surface area (Å²) in [5.41, 5.74) is 2.10. The fraction of sp³-hybridized carbons (Fsp3) is 0.238. The molecule has 1 N–H and O–H groups in total. The molecule has 0 unspecified atom stereocenters. The molecule has 0 aliphatic carbocycles. The van der Waals surface area contributed by atoms with E-state index >= 15 is 0 Å². The molecule has 8 nitrogen and oxygen atoms in total. The first-order valence-electron chi connectivity index (χ1n) is 9.68. The van der Waals surface area contributed by atoms with Gasteiger partial charge in [-0.25, -0.2) is 0 Å². The van der Waals surface area contributed by atoms with Gasteiger partial charge >= 0.3 is 0 Å². The second-order valence-corrected chi connectivity index (χ2v) is 7.91. The highest BCUT2D eigenvalue weighted by atomic mass is 32.1. The Morgan fingerprint density at radius 2 is 1.90 bits per heavy atom. The molecule has 4 aromatic rings. The molecule has 2 aromatic carbocycles. The van der Waals surface area contributed by atoms with Crippen molar-refractivity contribution in [1.29, 1.82) is 0 Å². The van der Waals surface area contributed by atoms with Gasteiger partial charge in [-0.1, -0.05) is 23.5 Å². The zero-order valence-electron chi connectivity index (χ0n) is 16.3. The first kappa shape index (κ1) is 18.6. The standard InChI is InChI=1S/C21H19N5O3S/c1-13-23-24-21-26(13)25-20(30-21)15-5-4-6-16(11-15)22-19(27)14-7-8-17-18(12-14)29-10-3-2-9-28-17/h4-8,11-12H,2-3,9-10H2,1H3,(H,22,27). The Hall–Kier alpha value is -3.46. The van der Waals surface area contributed by atoms with Crippen LogP contribution in [0.15, 0.2) is 42.5 Å². The van der Waals surface area contributed by atoms with Crippen molar-refractivity contribution < 1.29 is 14.3 Å². The minimum Gasteiger partial charge on any atom is -0.490 e. The van der Waals surface area contributed by atoms with Crippen LogP contribution in [-0.2, 0) is 0 Å². The molecular formula is C21H19N5O3S. The maximum atomic E-state index is 12.8. The Bertz CT molecular complexity index is 1230. The van der Waals surface area contributed by atoms with E-state index in [-0.39, 0.29) is 5.91 Å². The first-order chi connectivity index (χ1) is 14.7. The van der Waals surface area contributed by atoms with Gasteiger partial charge in [0.25, 0.3) is 5.91 Å². The van der Waals surface area contributed by atoms with E-state index in [1.165, 1.54) is 11.3 Å². The van der Waals surface area contributed by atoms with E-state index in [0.29, 0.717) is 36.0 Å². The number of fused-ring (bicyclic) bond motifs is 2. The van der Waals surface area contributed by atoms with Crippen LogP contribution >= 0.6 is 11.3 Å². The minimum absolute atomic E-state index is 0.213. The molecule has 0 atom stereocenters. The highest BCUT2D eigenvalue weighted by molar-refractivity contribution is 7.19. The first-order valence-corrected chi connectivity index (χ1v) is 10.5. The Balaban J connectivity index is 1.37. The Morgan fingerprint density at radius 1 is 1.07 bits per heavy atom. The molecule has 0 spiro atoms. The molecule has 0 saturated heterocycles. The van der Waals surface area contributed by atoms with Gasteiger partial charge in [0.1, 0.15) is 5.01 Å². The van der Waals surface area contributed by atoms with Gasteiger partial charge in [0.2, 0.25) is 4.96 Å². The summed E-state index contributed by atoms with van der Waals surface area (Å²) in [5.74, 6) is 1.80. The lowest BCUT2D eigenvalue weighted by atomic mass is 10.1. The van der Waals surface area contributed by atoms with Gasteiger partial charge in [0, 0.05) is 16.8 Å². The van der Waals surface area contributed by atoms with E-state index in [1.807, 2.05) is 31.2 Å². The SMILES string of the molecule is Cc1nnc2sc(-c3cccc(NC(=O)c4ccc5c(c4)OCCCCO5)c3)nn12. The van der Waals surface area contributed by atoms with Gasteiger partial charge in [-0.3, -0.25) is 4.79 Å². The number of aromatic nitrogens is 4. The number of carbonyl (C=O) groups is 1. The number of amides is 1. The van der Waals surface area contributed by atoms with Crippen molar-refractivity contribution in [2.45, 2.75) is 19.8 Å². The number of rotatable bonds is 3. The summed E-state index contributed by atoms with van der Waals surface area (Å²) in [5, 5.41) is 16.4. The highest BCUT2D eigenvalue weighted by Crippen LogP contribution is 2.31. The van der Waals surface area contributed by atoms with Crippen LogP contribution in [0, 0.1) is 6.92 Å². The molecular weight excluding hydrogens is 402 g/mol. The normalized spacial score (nSPS) is 13.6. The number of nitrogens with zero attached hydrogens (tertiary/aromatic N) is 4. The van der Waals surface area contributed by atoms with E-state index in [4.69, 9.17) is 9.47 Å². The summed E-state index contributed by atoms with van der Waals surface area (Å²) in [6.07, 6.45) is 1.89. The van der Waals surface area contributed by atoms with E-state index in [9.17, 15) is 4.79 Å². The van der Waals surface area contributed by atoms with Gasteiger partial charge < -0.3 is 14.8 Å². The van der Waals surface area contributed by atoms with Crippen molar-refractivity contribution in [3.63, 3.8) is 0 Å².